The van der Waals surface area contributed by atoms with Gasteiger partial charge in [0, 0.05) is 0 Å². The summed E-state index contributed by atoms with van der Waals surface area (Å²) in [6.45, 7) is 4.22. The van der Waals surface area contributed by atoms with E-state index in [0.717, 1.165) is 12.1 Å². The van der Waals surface area contributed by atoms with Gasteiger partial charge in [0.2, 0.25) is 0 Å². The van der Waals surface area contributed by atoms with E-state index >= 15 is 0 Å². The smallest absolute Gasteiger partial charge is 0.0776 e. The lowest BCUT2D eigenvalue weighted by atomic mass is 10.00. The minimum absolute atomic E-state index is 0.196. The van der Waals surface area contributed by atoms with E-state index < -0.39 is 0 Å². The molecule has 1 heterocycles. The van der Waals surface area contributed by atoms with Gasteiger partial charge in [0.05, 0.1) is 16.6 Å². The molecular weight excluding hydrogens is 242 g/mol. The molecule has 2 rings (SSSR count). The van der Waals surface area contributed by atoms with Gasteiger partial charge in [-0.25, -0.2) is 0 Å². The number of rotatable bonds is 5. The maximum Gasteiger partial charge on any atom is 0.0776 e. The standard InChI is InChI=1S/C14H19N3S/c1-4-6-11-7-5-8-12(9-11)13(15-3)14-10(2)16-17-18-14/h5,7-9,13,15H,4,6H2,1-3H3. The highest BCUT2D eigenvalue weighted by atomic mass is 32.1. The summed E-state index contributed by atoms with van der Waals surface area (Å²) in [6, 6.07) is 8.97. The molecule has 0 aliphatic heterocycles. The quantitative estimate of drug-likeness (QED) is 0.898. The first-order valence-corrected chi connectivity index (χ1v) is 7.08. The molecule has 18 heavy (non-hydrogen) atoms. The molecule has 4 heteroatoms. The average Bonchev–Trinajstić information content (AvgIpc) is 2.78. The lowest BCUT2D eigenvalue weighted by Gasteiger charge is -2.16. The summed E-state index contributed by atoms with van der Waals surface area (Å²) in [4.78, 5) is 1.20. The highest BCUT2D eigenvalue weighted by Crippen LogP contribution is 2.27. The van der Waals surface area contributed by atoms with E-state index in [9.17, 15) is 0 Å². The molecule has 0 aliphatic rings. The molecule has 1 atom stereocenters. The number of benzene rings is 1. The zero-order valence-corrected chi connectivity index (χ0v) is 11.9. The van der Waals surface area contributed by atoms with Gasteiger partial charge in [0.25, 0.3) is 0 Å². The van der Waals surface area contributed by atoms with Crippen molar-refractivity contribution >= 4 is 11.5 Å². The Morgan fingerprint density at radius 1 is 1.39 bits per heavy atom. The Bertz CT molecular complexity index is 507. The van der Waals surface area contributed by atoms with E-state index in [1.807, 2.05) is 14.0 Å². The van der Waals surface area contributed by atoms with Gasteiger partial charge >= 0.3 is 0 Å². The molecule has 0 saturated carbocycles. The summed E-state index contributed by atoms with van der Waals surface area (Å²) in [7, 11) is 1.98. The van der Waals surface area contributed by atoms with Crippen LogP contribution in [0.15, 0.2) is 24.3 Å². The third kappa shape index (κ3) is 2.76. The fraction of sp³-hybridized carbons (Fsp3) is 0.429. The molecule has 2 aromatic rings. The molecule has 0 aliphatic carbocycles. The molecule has 0 amide bonds. The number of aromatic nitrogens is 2. The maximum absolute atomic E-state index is 4.10. The van der Waals surface area contributed by atoms with Crippen LogP contribution in [0.1, 0.15) is 41.1 Å². The average molecular weight is 261 g/mol. The van der Waals surface area contributed by atoms with Crippen molar-refractivity contribution in [2.45, 2.75) is 32.7 Å². The first kappa shape index (κ1) is 13.2. The molecule has 0 fully saturated rings. The minimum Gasteiger partial charge on any atom is -0.309 e. The molecule has 96 valence electrons. The van der Waals surface area contributed by atoms with Gasteiger partial charge in [-0.3, -0.25) is 0 Å². The largest absolute Gasteiger partial charge is 0.309 e. The first-order valence-electron chi connectivity index (χ1n) is 6.31. The van der Waals surface area contributed by atoms with Crippen LogP contribution < -0.4 is 5.32 Å². The molecule has 3 nitrogen and oxygen atoms in total. The van der Waals surface area contributed by atoms with Crippen molar-refractivity contribution in [1.29, 1.82) is 0 Å². The molecule has 0 radical (unpaired) electrons. The Morgan fingerprint density at radius 3 is 2.83 bits per heavy atom. The summed E-state index contributed by atoms with van der Waals surface area (Å²) in [6.07, 6.45) is 2.30. The van der Waals surface area contributed by atoms with E-state index in [0.29, 0.717) is 0 Å². The second kappa shape index (κ2) is 6.07. The van der Waals surface area contributed by atoms with Gasteiger partial charge in [-0.05, 0) is 43.1 Å². The normalized spacial score (nSPS) is 12.6. The van der Waals surface area contributed by atoms with Crippen LogP contribution in [0.5, 0.6) is 0 Å². The van der Waals surface area contributed by atoms with Crippen LogP contribution in [0.3, 0.4) is 0 Å². The Kier molecular flexibility index (Phi) is 4.44. The molecule has 1 aromatic carbocycles. The third-order valence-corrected chi connectivity index (χ3v) is 3.95. The Morgan fingerprint density at radius 2 is 2.22 bits per heavy atom. The van der Waals surface area contributed by atoms with Crippen LogP contribution in [-0.2, 0) is 6.42 Å². The molecular formula is C14H19N3S. The monoisotopic (exact) mass is 261 g/mol. The number of hydrogen-bond donors (Lipinski definition) is 1. The van der Waals surface area contributed by atoms with Gasteiger partial charge in [-0.2, -0.15) is 0 Å². The predicted molar refractivity (Wildman–Crippen MR) is 76.0 cm³/mol. The predicted octanol–water partition coefficient (Wildman–Crippen LogP) is 3.11. The van der Waals surface area contributed by atoms with E-state index in [1.165, 1.54) is 34.0 Å². The summed E-state index contributed by atoms with van der Waals surface area (Å²) in [5, 5.41) is 7.46. The van der Waals surface area contributed by atoms with Crippen molar-refractivity contribution in [3.05, 3.63) is 46.0 Å². The summed E-state index contributed by atoms with van der Waals surface area (Å²) >= 11 is 1.47. The second-order valence-corrected chi connectivity index (χ2v) is 5.23. The van der Waals surface area contributed by atoms with Crippen LogP contribution in [0, 0.1) is 6.92 Å². The van der Waals surface area contributed by atoms with Crippen LogP contribution in [0.4, 0.5) is 0 Å². The lowest BCUT2D eigenvalue weighted by molar-refractivity contribution is 0.695. The van der Waals surface area contributed by atoms with Gasteiger partial charge in [0.1, 0.15) is 0 Å². The second-order valence-electron chi connectivity index (χ2n) is 4.44. The van der Waals surface area contributed by atoms with Crippen molar-refractivity contribution in [3.63, 3.8) is 0 Å². The summed E-state index contributed by atoms with van der Waals surface area (Å²) < 4.78 is 4.03. The zero-order valence-electron chi connectivity index (χ0n) is 11.1. The summed E-state index contributed by atoms with van der Waals surface area (Å²) in [5.41, 5.74) is 3.70. The van der Waals surface area contributed by atoms with Crippen molar-refractivity contribution in [2.75, 3.05) is 7.05 Å². The minimum atomic E-state index is 0.196. The SMILES string of the molecule is CCCc1cccc(C(NC)c2snnc2C)c1. The van der Waals surface area contributed by atoms with Gasteiger partial charge in [-0.1, -0.05) is 42.1 Å². The summed E-state index contributed by atoms with van der Waals surface area (Å²) in [5.74, 6) is 0. The molecule has 0 bridgehead atoms. The van der Waals surface area contributed by atoms with Crippen LogP contribution in [-0.4, -0.2) is 16.6 Å². The van der Waals surface area contributed by atoms with Crippen molar-refractivity contribution < 1.29 is 0 Å². The van der Waals surface area contributed by atoms with Crippen LogP contribution >= 0.6 is 11.5 Å². The Hall–Kier alpha value is -1.26. The number of hydrogen-bond acceptors (Lipinski definition) is 4. The van der Waals surface area contributed by atoms with Crippen LogP contribution in [0.25, 0.3) is 0 Å². The molecule has 0 spiro atoms. The number of nitrogens with zero attached hydrogens (tertiary/aromatic N) is 2. The first-order chi connectivity index (χ1) is 8.76. The highest BCUT2D eigenvalue weighted by Gasteiger charge is 2.17. The lowest BCUT2D eigenvalue weighted by Crippen LogP contribution is -2.17. The zero-order chi connectivity index (χ0) is 13.0. The Balaban J connectivity index is 2.33. The number of aryl methyl sites for hydroxylation is 2. The Labute approximate surface area is 112 Å². The van der Waals surface area contributed by atoms with E-state index in [4.69, 9.17) is 0 Å². The van der Waals surface area contributed by atoms with Crippen LogP contribution in [0.2, 0.25) is 0 Å². The molecule has 1 aromatic heterocycles. The van der Waals surface area contributed by atoms with Gasteiger partial charge < -0.3 is 5.32 Å². The fourth-order valence-electron chi connectivity index (χ4n) is 2.17. The highest BCUT2D eigenvalue weighted by molar-refractivity contribution is 7.05. The van der Waals surface area contributed by atoms with Gasteiger partial charge in [0.15, 0.2) is 0 Å². The van der Waals surface area contributed by atoms with Gasteiger partial charge in [-0.15, -0.1) is 5.10 Å². The molecule has 1 unspecified atom stereocenters. The van der Waals surface area contributed by atoms with Crippen molar-refractivity contribution in [3.8, 4) is 0 Å². The van der Waals surface area contributed by atoms with E-state index in [1.54, 1.807) is 0 Å². The van der Waals surface area contributed by atoms with Crippen molar-refractivity contribution in [1.82, 2.24) is 14.9 Å². The maximum atomic E-state index is 4.10. The third-order valence-electron chi connectivity index (χ3n) is 3.06. The fourth-order valence-corrected chi connectivity index (χ4v) is 2.95. The molecule has 0 saturated heterocycles. The van der Waals surface area contributed by atoms with E-state index in [2.05, 4.69) is 46.1 Å². The molecule has 1 N–H and O–H groups in total. The topological polar surface area (TPSA) is 37.8 Å². The van der Waals surface area contributed by atoms with Crippen molar-refractivity contribution in [2.24, 2.45) is 0 Å². The van der Waals surface area contributed by atoms with E-state index in [-0.39, 0.29) is 6.04 Å². The number of nitrogens with one attached hydrogen (secondary N) is 1.